The first-order chi connectivity index (χ1) is 20.6. The van der Waals surface area contributed by atoms with Gasteiger partial charge in [0.2, 0.25) is 0 Å². The van der Waals surface area contributed by atoms with Crippen LogP contribution in [0.1, 0.15) is 33.6 Å². The second-order valence-electron chi connectivity index (χ2n) is 10.6. The second-order valence-corrected chi connectivity index (χ2v) is 11.0. The van der Waals surface area contributed by atoms with E-state index >= 15 is 0 Å². The van der Waals surface area contributed by atoms with Crippen LogP contribution in [0.2, 0.25) is 5.02 Å². The number of ether oxygens (including phenoxy) is 1. The molecule has 4 aromatic rings. The number of amides is 2. The zero-order valence-corrected chi connectivity index (χ0v) is 23.7. The van der Waals surface area contributed by atoms with Gasteiger partial charge in [0.25, 0.3) is 17.4 Å². The fraction of sp³-hybridized carbons (Fsp3) is 0.310. The number of rotatable bonds is 8. The van der Waals surface area contributed by atoms with Crippen molar-refractivity contribution in [1.29, 1.82) is 0 Å². The number of carbonyl (C=O) groups excluding carboxylic acids is 2. The number of piperidine rings is 1. The first-order valence-corrected chi connectivity index (χ1v) is 14.0. The van der Waals surface area contributed by atoms with Gasteiger partial charge in [-0.2, -0.15) is 0 Å². The molecule has 2 aromatic carbocycles. The quantitative estimate of drug-likeness (QED) is 0.175. The molecule has 6 rings (SSSR count). The number of aromatic nitrogens is 3. The fourth-order valence-electron chi connectivity index (χ4n) is 5.43. The van der Waals surface area contributed by atoms with Crippen LogP contribution in [0.3, 0.4) is 0 Å². The van der Waals surface area contributed by atoms with E-state index in [1.165, 1.54) is 11.1 Å². The molecule has 2 aromatic heterocycles. The molecule has 0 radical (unpaired) electrons. The average molecular weight is 613 g/mol. The number of imidazole rings is 1. The van der Waals surface area contributed by atoms with Crippen LogP contribution < -0.4 is 15.6 Å². The van der Waals surface area contributed by atoms with Gasteiger partial charge in [-0.15, -0.1) is 0 Å². The molecule has 0 bridgehead atoms. The Hall–Kier alpha value is -4.33. The lowest BCUT2D eigenvalue weighted by molar-refractivity contribution is 0.0516. The van der Waals surface area contributed by atoms with Crippen LogP contribution in [0, 0.1) is 11.6 Å². The predicted molar refractivity (Wildman–Crippen MR) is 155 cm³/mol. The molecule has 4 heterocycles. The van der Waals surface area contributed by atoms with Gasteiger partial charge in [-0.05, 0) is 63.3 Å². The van der Waals surface area contributed by atoms with Gasteiger partial charge < -0.3 is 30.0 Å². The third-order valence-corrected chi connectivity index (χ3v) is 8.01. The number of halogens is 3. The topological polar surface area (TPSA) is 144 Å². The van der Waals surface area contributed by atoms with E-state index in [0.29, 0.717) is 29.6 Å². The summed E-state index contributed by atoms with van der Waals surface area (Å²) < 4.78 is 33.1. The van der Waals surface area contributed by atoms with E-state index in [2.05, 4.69) is 25.2 Å². The van der Waals surface area contributed by atoms with Crippen LogP contribution in [0.5, 0.6) is 5.75 Å². The van der Waals surface area contributed by atoms with Gasteiger partial charge in [0, 0.05) is 18.8 Å². The zero-order valence-electron chi connectivity index (χ0n) is 22.9. The van der Waals surface area contributed by atoms with Gasteiger partial charge in [-0.1, -0.05) is 11.6 Å². The summed E-state index contributed by atoms with van der Waals surface area (Å²) in [5.74, 6) is -3.27. The molecule has 1 saturated heterocycles. The van der Waals surface area contributed by atoms with E-state index in [0.717, 1.165) is 25.2 Å². The number of fused-ring (bicyclic) bond motifs is 2. The van der Waals surface area contributed by atoms with Crippen LogP contribution in [-0.2, 0) is 0 Å². The highest BCUT2D eigenvalue weighted by Gasteiger charge is 2.41. The second kappa shape index (κ2) is 11.4. The number of H-pyrrole nitrogens is 2. The van der Waals surface area contributed by atoms with Crippen molar-refractivity contribution in [3.63, 3.8) is 0 Å². The Morgan fingerprint density at radius 3 is 2.60 bits per heavy atom. The number of pyridine rings is 1. The number of hydrogen-bond donors (Lipinski definition) is 4. The number of carbonyl (C=O) groups is 2. The molecule has 0 spiro atoms. The fourth-order valence-corrected chi connectivity index (χ4v) is 5.58. The van der Waals surface area contributed by atoms with Gasteiger partial charge >= 0.3 is 0 Å². The number of anilines is 1. The van der Waals surface area contributed by atoms with E-state index in [9.17, 15) is 28.3 Å². The lowest BCUT2D eigenvalue weighted by atomic mass is 10.0. The number of aliphatic hydroxyl groups is 1. The van der Waals surface area contributed by atoms with Gasteiger partial charge in [0.15, 0.2) is 17.4 Å². The van der Waals surface area contributed by atoms with Gasteiger partial charge in [-0.3, -0.25) is 19.3 Å². The van der Waals surface area contributed by atoms with Crippen molar-refractivity contribution in [2.24, 2.45) is 0 Å². The van der Waals surface area contributed by atoms with Crippen molar-refractivity contribution in [2.45, 2.75) is 25.0 Å². The number of hydrogen-bond acceptors (Lipinski definition) is 8. The Kier molecular flexibility index (Phi) is 7.63. The molecule has 43 heavy (non-hydrogen) atoms. The molecular weight excluding hydrogens is 586 g/mol. The smallest absolute Gasteiger partial charge is 0.261 e. The Labute approximate surface area is 248 Å². The Balaban J connectivity index is 1.21. The van der Waals surface area contributed by atoms with Gasteiger partial charge in [0.05, 0.1) is 32.9 Å². The maximum atomic E-state index is 14.1. The first-order valence-electron chi connectivity index (χ1n) is 13.6. The van der Waals surface area contributed by atoms with Crippen LogP contribution >= 0.6 is 11.6 Å². The van der Waals surface area contributed by atoms with E-state index < -0.39 is 35.7 Å². The summed E-state index contributed by atoms with van der Waals surface area (Å²) in [6, 6.07) is 6.53. The van der Waals surface area contributed by atoms with Crippen LogP contribution in [0.15, 0.2) is 41.3 Å². The van der Waals surface area contributed by atoms with Crippen molar-refractivity contribution in [1.82, 2.24) is 24.8 Å². The SMILES string of the molecule is CN1CCC(N2C(=O)c3cc4nc(-c5c(NC[C@@H](O)COc6c(F)ccc(Cl)c6F)cc[nH]c5=O)[nH]c4cc3C2=O)CC1. The van der Waals surface area contributed by atoms with Gasteiger partial charge in [-0.25, -0.2) is 13.8 Å². The number of aromatic amines is 2. The monoisotopic (exact) mass is 612 g/mol. The van der Waals surface area contributed by atoms with E-state index in [4.69, 9.17) is 16.3 Å². The minimum absolute atomic E-state index is 0.115. The summed E-state index contributed by atoms with van der Waals surface area (Å²) in [6.07, 6.45) is 1.60. The van der Waals surface area contributed by atoms with Crippen LogP contribution in [-0.4, -0.2) is 87.1 Å². The zero-order chi connectivity index (χ0) is 30.4. The minimum Gasteiger partial charge on any atom is -0.485 e. The van der Waals surface area contributed by atoms with Crippen molar-refractivity contribution in [2.75, 3.05) is 38.6 Å². The molecule has 2 aliphatic rings. The molecule has 1 atom stereocenters. The molecule has 0 saturated carbocycles. The first kappa shape index (κ1) is 28.8. The number of nitrogens with zero attached hydrogens (tertiary/aromatic N) is 3. The molecule has 14 heteroatoms. The Morgan fingerprint density at radius 1 is 1.14 bits per heavy atom. The lowest BCUT2D eigenvalue weighted by Crippen LogP contribution is -2.46. The molecule has 11 nitrogen and oxygen atoms in total. The molecule has 0 aliphatic carbocycles. The summed E-state index contributed by atoms with van der Waals surface area (Å²) in [6.45, 7) is 0.987. The average Bonchev–Trinajstić information content (AvgIpc) is 3.50. The number of imide groups is 1. The van der Waals surface area contributed by atoms with Crippen molar-refractivity contribution in [3.05, 3.63) is 74.7 Å². The number of nitrogens with one attached hydrogen (secondary N) is 3. The highest BCUT2D eigenvalue weighted by atomic mass is 35.5. The number of aliphatic hydroxyl groups excluding tert-OH is 1. The molecular formula is C29H27ClF2N6O5. The Morgan fingerprint density at radius 2 is 1.86 bits per heavy atom. The highest BCUT2D eigenvalue weighted by molar-refractivity contribution is 6.30. The summed E-state index contributed by atoms with van der Waals surface area (Å²) in [5, 5.41) is 13.0. The predicted octanol–water partition coefficient (Wildman–Crippen LogP) is 3.39. The summed E-state index contributed by atoms with van der Waals surface area (Å²) >= 11 is 5.67. The molecule has 0 unspecified atom stereocenters. The largest absolute Gasteiger partial charge is 0.485 e. The summed E-state index contributed by atoms with van der Waals surface area (Å²) in [5.41, 5.74) is 1.33. The van der Waals surface area contributed by atoms with Crippen molar-refractivity contribution >= 4 is 40.1 Å². The lowest BCUT2D eigenvalue weighted by Gasteiger charge is -2.33. The normalized spacial score (nSPS) is 16.6. The molecule has 2 aliphatic heterocycles. The van der Waals surface area contributed by atoms with Crippen molar-refractivity contribution in [3.8, 4) is 17.1 Å². The standard InChI is InChI=1S/C29H27ClF2N6O5/c1-37-8-5-14(6-9-37)38-28(41)16-10-21-22(11-17(16)29(38)42)36-26(35-21)23-20(4-7-33-27(23)40)34-12-15(39)13-43-25-19(31)3-2-18(30)24(25)32/h2-4,7,10-11,14-15,39H,5-6,8-9,12-13H2,1H3,(H,35,36)(H2,33,34,40)/t15-/m1/s1. The number of likely N-dealkylation sites (tertiary alicyclic amines) is 1. The van der Waals surface area contributed by atoms with Crippen LogP contribution in [0.4, 0.5) is 14.5 Å². The highest BCUT2D eigenvalue weighted by Crippen LogP contribution is 2.33. The Bertz CT molecular complexity index is 1750. The maximum absolute atomic E-state index is 14.1. The summed E-state index contributed by atoms with van der Waals surface area (Å²) in [4.78, 5) is 53.1. The van der Waals surface area contributed by atoms with Crippen LogP contribution in [0.25, 0.3) is 22.4 Å². The minimum atomic E-state index is -1.23. The number of benzene rings is 2. The van der Waals surface area contributed by atoms with E-state index in [1.807, 2.05) is 7.05 Å². The van der Waals surface area contributed by atoms with E-state index in [1.54, 1.807) is 18.2 Å². The third-order valence-electron chi connectivity index (χ3n) is 7.72. The van der Waals surface area contributed by atoms with Gasteiger partial charge in [0.1, 0.15) is 24.1 Å². The van der Waals surface area contributed by atoms with Crippen molar-refractivity contribution < 1.29 is 28.2 Å². The summed E-state index contributed by atoms with van der Waals surface area (Å²) in [7, 11) is 2.01. The van der Waals surface area contributed by atoms with E-state index in [-0.39, 0.29) is 51.9 Å². The molecule has 2 amide bonds. The maximum Gasteiger partial charge on any atom is 0.261 e. The molecule has 224 valence electrons. The third kappa shape index (κ3) is 5.35. The molecule has 4 N–H and O–H groups in total. The molecule has 1 fully saturated rings.